The number of Topliss-reactive ketones (excluding diaryl/α,β-unsaturated/α-hetero) is 1. The number of hydrogen-bond acceptors (Lipinski definition) is 4. The van der Waals surface area contributed by atoms with Crippen LogP contribution in [0, 0.1) is 16.0 Å². The number of ketones is 1. The van der Waals surface area contributed by atoms with Gasteiger partial charge in [-0.2, -0.15) is 0 Å². The second kappa shape index (κ2) is 10.0. The van der Waals surface area contributed by atoms with Gasteiger partial charge in [0.05, 0.1) is 4.92 Å². The molecular weight excluding hydrogens is 268 g/mol. The van der Waals surface area contributed by atoms with E-state index in [9.17, 15) is 14.9 Å². The normalized spacial score (nSPS) is 14.8. The molecule has 0 rings (SSSR count). The van der Waals surface area contributed by atoms with E-state index in [2.05, 4.69) is 6.92 Å². The van der Waals surface area contributed by atoms with Crippen molar-refractivity contribution >= 4 is 5.78 Å². The highest BCUT2D eigenvalue weighted by molar-refractivity contribution is 5.99. The molecule has 0 aromatic rings. The van der Waals surface area contributed by atoms with E-state index in [4.69, 9.17) is 0 Å². The Hall–Kier alpha value is -1.75. The lowest BCUT2D eigenvalue weighted by molar-refractivity contribution is -0.424. The lowest BCUT2D eigenvalue weighted by atomic mass is 9.92. The number of rotatable bonds is 9. The van der Waals surface area contributed by atoms with Crippen LogP contribution in [0.1, 0.15) is 33.6 Å². The molecule has 0 aliphatic rings. The van der Waals surface area contributed by atoms with Crippen molar-refractivity contribution in [1.82, 2.24) is 4.90 Å². The molecule has 0 aromatic carbocycles. The zero-order chi connectivity index (χ0) is 16.4. The van der Waals surface area contributed by atoms with Crippen LogP contribution < -0.4 is 0 Å². The molecule has 1 atom stereocenters. The second-order valence-corrected chi connectivity index (χ2v) is 5.28. The number of nitrogens with zero attached hydrogens (tertiary/aromatic N) is 2. The Balaban J connectivity index is 5.00. The van der Waals surface area contributed by atoms with Gasteiger partial charge in [0.15, 0.2) is 5.78 Å². The van der Waals surface area contributed by atoms with Gasteiger partial charge >= 0.3 is 0 Å². The van der Waals surface area contributed by atoms with Crippen molar-refractivity contribution < 1.29 is 9.72 Å². The Labute approximate surface area is 127 Å². The molecule has 21 heavy (non-hydrogen) atoms. The minimum Gasteiger partial charge on any atom is -0.309 e. The number of hydrogen-bond donors (Lipinski definition) is 0. The maximum absolute atomic E-state index is 12.5. The Morgan fingerprint density at radius 1 is 1.38 bits per heavy atom. The van der Waals surface area contributed by atoms with Crippen LogP contribution in [0.3, 0.4) is 0 Å². The van der Waals surface area contributed by atoms with Crippen molar-refractivity contribution in [2.75, 3.05) is 20.6 Å². The summed E-state index contributed by atoms with van der Waals surface area (Å²) in [6.45, 7) is 6.00. The van der Waals surface area contributed by atoms with Crippen molar-refractivity contribution in [2.45, 2.75) is 33.6 Å². The van der Waals surface area contributed by atoms with Gasteiger partial charge in [-0.05, 0) is 27.4 Å². The van der Waals surface area contributed by atoms with Crippen molar-refractivity contribution in [1.29, 1.82) is 0 Å². The summed E-state index contributed by atoms with van der Waals surface area (Å²) in [4.78, 5) is 24.6. The molecule has 0 bridgehead atoms. The smallest absolute Gasteiger partial charge is 0.243 e. The summed E-state index contributed by atoms with van der Waals surface area (Å²) in [6, 6.07) is 0. The molecule has 0 aliphatic heterocycles. The fourth-order valence-corrected chi connectivity index (χ4v) is 2.00. The first-order valence-electron chi connectivity index (χ1n) is 7.18. The van der Waals surface area contributed by atoms with Gasteiger partial charge in [-0.3, -0.25) is 14.9 Å². The van der Waals surface area contributed by atoms with Gasteiger partial charge < -0.3 is 4.90 Å². The van der Waals surface area contributed by atoms with E-state index in [1.165, 1.54) is 13.0 Å². The molecule has 0 N–H and O–H groups in total. The van der Waals surface area contributed by atoms with Crippen LogP contribution in [0.15, 0.2) is 35.6 Å². The predicted octanol–water partition coefficient (Wildman–Crippen LogP) is 3.22. The van der Waals surface area contributed by atoms with E-state index in [-0.39, 0.29) is 17.4 Å². The molecule has 0 fully saturated rings. The molecule has 0 heterocycles. The third-order valence-electron chi connectivity index (χ3n) is 3.09. The van der Waals surface area contributed by atoms with Crippen molar-refractivity contribution in [3.8, 4) is 0 Å². The molecule has 0 aromatic heterocycles. The van der Waals surface area contributed by atoms with Crippen molar-refractivity contribution in [3.05, 3.63) is 45.7 Å². The predicted molar refractivity (Wildman–Crippen MR) is 85.6 cm³/mol. The molecule has 5 heteroatoms. The van der Waals surface area contributed by atoms with Gasteiger partial charge in [0.1, 0.15) is 0 Å². The number of carbonyl (C=O) groups excluding carboxylic acids is 1. The summed E-state index contributed by atoms with van der Waals surface area (Å²) in [6.07, 6.45) is 8.15. The minimum atomic E-state index is -0.451. The van der Waals surface area contributed by atoms with Crippen LogP contribution in [-0.4, -0.2) is 36.2 Å². The third kappa shape index (κ3) is 7.56. The van der Waals surface area contributed by atoms with E-state index in [0.717, 1.165) is 12.8 Å². The van der Waals surface area contributed by atoms with Crippen LogP contribution >= 0.6 is 0 Å². The van der Waals surface area contributed by atoms with Gasteiger partial charge in [-0.1, -0.05) is 31.6 Å². The molecular formula is C16H26N2O3. The highest BCUT2D eigenvalue weighted by Crippen LogP contribution is 2.15. The summed E-state index contributed by atoms with van der Waals surface area (Å²) >= 11 is 0. The topological polar surface area (TPSA) is 63.5 Å². The lowest BCUT2D eigenvalue weighted by Gasteiger charge is -2.19. The highest BCUT2D eigenvalue weighted by Gasteiger charge is 2.20. The average molecular weight is 294 g/mol. The SMILES string of the molecule is C\C=C(/C=C\C=C(/C)[N+](=O)[O-])C(=O)C(CCC)CN(C)C. The second-order valence-electron chi connectivity index (χ2n) is 5.28. The average Bonchev–Trinajstić information content (AvgIpc) is 2.41. The molecule has 0 saturated carbocycles. The van der Waals surface area contributed by atoms with Crippen molar-refractivity contribution in [2.24, 2.45) is 5.92 Å². The first-order valence-corrected chi connectivity index (χ1v) is 7.18. The first-order chi connectivity index (χ1) is 9.83. The van der Waals surface area contributed by atoms with Crippen LogP contribution in [0.5, 0.6) is 0 Å². The maximum atomic E-state index is 12.5. The van der Waals surface area contributed by atoms with Gasteiger partial charge in [-0.15, -0.1) is 0 Å². The fourth-order valence-electron chi connectivity index (χ4n) is 2.00. The zero-order valence-electron chi connectivity index (χ0n) is 13.6. The summed E-state index contributed by atoms with van der Waals surface area (Å²) in [7, 11) is 3.90. The maximum Gasteiger partial charge on any atom is 0.243 e. The molecule has 0 aliphatic carbocycles. The van der Waals surface area contributed by atoms with Gasteiger partial charge in [0, 0.05) is 31.0 Å². The van der Waals surface area contributed by atoms with Gasteiger partial charge in [-0.25, -0.2) is 0 Å². The Bertz CT molecular complexity index is 448. The summed E-state index contributed by atoms with van der Waals surface area (Å²) in [5.74, 6) is 0.0536. The van der Waals surface area contributed by atoms with Crippen LogP contribution in [-0.2, 0) is 4.79 Å². The number of allylic oxidation sites excluding steroid dienone is 6. The number of carbonyl (C=O) groups is 1. The van der Waals surface area contributed by atoms with E-state index < -0.39 is 4.92 Å². The molecule has 0 radical (unpaired) electrons. The molecule has 5 nitrogen and oxygen atoms in total. The summed E-state index contributed by atoms with van der Waals surface area (Å²) in [5, 5.41) is 10.5. The van der Waals surface area contributed by atoms with E-state index in [1.54, 1.807) is 25.2 Å². The first kappa shape index (κ1) is 19.2. The van der Waals surface area contributed by atoms with Crippen LogP contribution in [0.4, 0.5) is 0 Å². The monoisotopic (exact) mass is 294 g/mol. The van der Waals surface area contributed by atoms with E-state index >= 15 is 0 Å². The lowest BCUT2D eigenvalue weighted by Crippen LogP contribution is -2.28. The Morgan fingerprint density at radius 3 is 2.43 bits per heavy atom. The van der Waals surface area contributed by atoms with Gasteiger partial charge in [0.2, 0.25) is 5.70 Å². The van der Waals surface area contributed by atoms with Crippen LogP contribution in [0.25, 0.3) is 0 Å². The largest absolute Gasteiger partial charge is 0.309 e. The number of nitro groups is 1. The molecule has 0 amide bonds. The Morgan fingerprint density at radius 2 is 2.00 bits per heavy atom. The standard InChI is InChI=1S/C16H26N2O3/c1-6-9-15(12-17(4)5)16(19)14(7-2)11-8-10-13(3)18(20)21/h7-8,10-11,15H,6,9,12H2,1-5H3/b11-8-,13-10+,14-7+. The molecule has 0 saturated heterocycles. The van der Waals surface area contributed by atoms with Gasteiger partial charge in [0.25, 0.3) is 0 Å². The summed E-state index contributed by atoms with van der Waals surface area (Å²) < 4.78 is 0. The van der Waals surface area contributed by atoms with E-state index in [1.807, 2.05) is 19.0 Å². The van der Waals surface area contributed by atoms with Crippen LogP contribution in [0.2, 0.25) is 0 Å². The minimum absolute atomic E-state index is 0.0403. The molecule has 118 valence electrons. The third-order valence-corrected chi connectivity index (χ3v) is 3.09. The molecule has 0 spiro atoms. The van der Waals surface area contributed by atoms with E-state index in [0.29, 0.717) is 12.1 Å². The Kier molecular flexibility index (Phi) is 9.21. The molecule has 1 unspecified atom stereocenters. The summed E-state index contributed by atoms with van der Waals surface area (Å²) in [5.41, 5.74) is 0.648. The quantitative estimate of drug-likeness (QED) is 0.283. The van der Waals surface area contributed by atoms with Crippen molar-refractivity contribution in [3.63, 3.8) is 0 Å². The fraction of sp³-hybridized carbons (Fsp3) is 0.562. The highest BCUT2D eigenvalue weighted by atomic mass is 16.6. The zero-order valence-corrected chi connectivity index (χ0v) is 13.6.